The summed E-state index contributed by atoms with van der Waals surface area (Å²) in [4.78, 5) is 4.99. The minimum absolute atomic E-state index is 0.0698. The van der Waals surface area contributed by atoms with E-state index in [1.54, 1.807) is 0 Å². The first-order valence-corrected chi connectivity index (χ1v) is 6.77. The van der Waals surface area contributed by atoms with Crippen molar-refractivity contribution < 1.29 is 5.11 Å². The summed E-state index contributed by atoms with van der Waals surface area (Å²) in [5.41, 5.74) is 5.52. The molecule has 0 spiro atoms. The van der Waals surface area contributed by atoms with Crippen LogP contribution < -0.4 is 5.73 Å². The van der Waals surface area contributed by atoms with Gasteiger partial charge in [0.2, 0.25) is 0 Å². The van der Waals surface area contributed by atoms with Crippen molar-refractivity contribution in [2.45, 2.75) is 32.7 Å². The van der Waals surface area contributed by atoms with Crippen molar-refractivity contribution in [3.05, 3.63) is 0 Å². The summed E-state index contributed by atoms with van der Waals surface area (Å²) in [7, 11) is 0. The van der Waals surface area contributed by atoms with Crippen LogP contribution in [0, 0.1) is 5.92 Å². The SMILES string of the molecule is CC(C)CN1CCN(CCC(C)(N)CO)CC1. The van der Waals surface area contributed by atoms with Crippen LogP contribution in [0.3, 0.4) is 0 Å². The van der Waals surface area contributed by atoms with Crippen LogP contribution >= 0.6 is 0 Å². The van der Waals surface area contributed by atoms with E-state index in [0.29, 0.717) is 0 Å². The molecule has 1 aliphatic rings. The zero-order valence-corrected chi connectivity index (χ0v) is 11.7. The van der Waals surface area contributed by atoms with Gasteiger partial charge in [0.1, 0.15) is 0 Å². The molecule has 1 unspecified atom stereocenters. The van der Waals surface area contributed by atoms with Gasteiger partial charge in [0.15, 0.2) is 0 Å². The Labute approximate surface area is 106 Å². The smallest absolute Gasteiger partial charge is 0.0608 e. The molecule has 0 aromatic heterocycles. The van der Waals surface area contributed by atoms with Gasteiger partial charge < -0.3 is 20.6 Å². The lowest BCUT2D eigenvalue weighted by Gasteiger charge is -2.36. The third kappa shape index (κ3) is 5.82. The molecule has 1 fully saturated rings. The van der Waals surface area contributed by atoms with Gasteiger partial charge in [-0.05, 0) is 19.3 Å². The highest BCUT2D eigenvalue weighted by Gasteiger charge is 2.21. The molecule has 102 valence electrons. The van der Waals surface area contributed by atoms with Gasteiger partial charge in [0, 0.05) is 44.8 Å². The van der Waals surface area contributed by atoms with Gasteiger partial charge >= 0.3 is 0 Å². The van der Waals surface area contributed by atoms with E-state index < -0.39 is 5.54 Å². The Morgan fingerprint density at radius 2 is 1.71 bits per heavy atom. The molecule has 17 heavy (non-hydrogen) atoms. The molecule has 1 atom stereocenters. The zero-order valence-electron chi connectivity index (χ0n) is 11.7. The summed E-state index contributed by atoms with van der Waals surface area (Å²) < 4.78 is 0. The van der Waals surface area contributed by atoms with Crippen LogP contribution in [0.2, 0.25) is 0 Å². The van der Waals surface area contributed by atoms with Crippen LogP contribution in [-0.2, 0) is 0 Å². The van der Waals surface area contributed by atoms with Gasteiger partial charge in [-0.25, -0.2) is 0 Å². The van der Waals surface area contributed by atoms with E-state index in [1.165, 1.54) is 19.6 Å². The number of nitrogens with zero attached hydrogens (tertiary/aromatic N) is 2. The molecule has 3 N–H and O–H groups in total. The predicted octanol–water partition coefficient (Wildman–Crippen LogP) is 0.360. The van der Waals surface area contributed by atoms with Gasteiger partial charge in [0.25, 0.3) is 0 Å². The Morgan fingerprint density at radius 3 is 2.18 bits per heavy atom. The molecular formula is C13H29N3O. The highest BCUT2D eigenvalue weighted by molar-refractivity contribution is 4.80. The Balaban J connectivity index is 2.19. The van der Waals surface area contributed by atoms with Crippen molar-refractivity contribution in [3.63, 3.8) is 0 Å². The third-order valence-corrected chi connectivity index (χ3v) is 3.45. The monoisotopic (exact) mass is 243 g/mol. The largest absolute Gasteiger partial charge is 0.394 e. The molecule has 4 heteroatoms. The normalized spacial score (nSPS) is 22.9. The highest BCUT2D eigenvalue weighted by atomic mass is 16.3. The topological polar surface area (TPSA) is 52.7 Å². The van der Waals surface area contributed by atoms with Crippen LogP contribution in [0.25, 0.3) is 0 Å². The maximum absolute atomic E-state index is 9.11. The van der Waals surface area contributed by atoms with Crippen LogP contribution in [-0.4, -0.2) is 66.3 Å². The van der Waals surface area contributed by atoms with E-state index in [4.69, 9.17) is 10.8 Å². The Morgan fingerprint density at radius 1 is 1.18 bits per heavy atom. The van der Waals surface area contributed by atoms with Gasteiger partial charge in [-0.15, -0.1) is 0 Å². The fourth-order valence-electron chi connectivity index (χ4n) is 2.20. The van der Waals surface area contributed by atoms with Crippen molar-refractivity contribution in [1.82, 2.24) is 9.80 Å². The van der Waals surface area contributed by atoms with Crippen LogP contribution in [0.4, 0.5) is 0 Å². The number of hydrogen-bond acceptors (Lipinski definition) is 4. The first kappa shape index (κ1) is 14.9. The second-order valence-electron chi connectivity index (χ2n) is 6.10. The molecule has 0 bridgehead atoms. The minimum atomic E-state index is -0.422. The van der Waals surface area contributed by atoms with E-state index in [-0.39, 0.29) is 6.61 Å². The molecule has 0 saturated carbocycles. The van der Waals surface area contributed by atoms with E-state index in [0.717, 1.165) is 32.0 Å². The first-order chi connectivity index (χ1) is 7.93. The van der Waals surface area contributed by atoms with Crippen molar-refractivity contribution in [2.24, 2.45) is 11.7 Å². The summed E-state index contributed by atoms with van der Waals surface area (Å²) >= 11 is 0. The van der Waals surface area contributed by atoms with Gasteiger partial charge in [-0.3, -0.25) is 0 Å². The summed E-state index contributed by atoms with van der Waals surface area (Å²) in [6, 6.07) is 0. The average molecular weight is 243 g/mol. The quantitative estimate of drug-likeness (QED) is 0.707. The van der Waals surface area contributed by atoms with Crippen LogP contribution in [0.15, 0.2) is 0 Å². The highest BCUT2D eigenvalue weighted by Crippen LogP contribution is 2.09. The molecule has 1 aliphatic heterocycles. The molecule has 1 heterocycles. The second-order valence-corrected chi connectivity index (χ2v) is 6.10. The summed E-state index contributed by atoms with van der Waals surface area (Å²) in [5.74, 6) is 0.753. The molecule has 1 rings (SSSR count). The molecule has 0 aliphatic carbocycles. The third-order valence-electron chi connectivity index (χ3n) is 3.45. The first-order valence-electron chi connectivity index (χ1n) is 6.77. The van der Waals surface area contributed by atoms with Gasteiger partial charge in [-0.1, -0.05) is 13.8 Å². The van der Waals surface area contributed by atoms with Gasteiger partial charge in [0.05, 0.1) is 6.61 Å². The molecule has 0 aromatic rings. The van der Waals surface area contributed by atoms with Crippen molar-refractivity contribution in [3.8, 4) is 0 Å². The van der Waals surface area contributed by atoms with E-state index >= 15 is 0 Å². The number of aliphatic hydroxyl groups excluding tert-OH is 1. The van der Waals surface area contributed by atoms with Crippen LogP contribution in [0.1, 0.15) is 27.2 Å². The zero-order chi connectivity index (χ0) is 12.9. The number of aliphatic hydroxyl groups is 1. The average Bonchev–Trinajstić information content (AvgIpc) is 2.28. The summed E-state index contributed by atoms with van der Waals surface area (Å²) in [5, 5.41) is 9.11. The van der Waals surface area contributed by atoms with E-state index in [9.17, 15) is 0 Å². The maximum atomic E-state index is 9.11. The maximum Gasteiger partial charge on any atom is 0.0608 e. The lowest BCUT2D eigenvalue weighted by Crippen LogP contribution is -2.50. The lowest BCUT2D eigenvalue weighted by molar-refractivity contribution is 0.108. The Kier molecular flexibility index (Phi) is 5.86. The van der Waals surface area contributed by atoms with E-state index in [2.05, 4.69) is 23.6 Å². The fourth-order valence-corrected chi connectivity index (χ4v) is 2.20. The Hall–Kier alpha value is -0.160. The summed E-state index contributed by atoms with van der Waals surface area (Å²) in [6.07, 6.45) is 0.869. The minimum Gasteiger partial charge on any atom is -0.394 e. The van der Waals surface area contributed by atoms with E-state index in [1.807, 2.05) is 6.92 Å². The van der Waals surface area contributed by atoms with Crippen molar-refractivity contribution in [1.29, 1.82) is 0 Å². The summed E-state index contributed by atoms with van der Waals surface area (Å²) in [6.45, 7) is 13.3. The molecular weight excluding hydrogens is 214 g/mol. The van der Waals surface area contributed by atoms with Gasteiger partial charge in [-0.2, -0.15) is 0 Å². The number of nitrogens with two attached hydrogens (primary N) is 1. The molecule has 0 radical (unpaired) electrons. The van der Waals surface area contributed by atoms with Crippen molar-refractivity contribution >= 4 is 0 Å². The number of rotatable bonds is 6. The van der Waals surface area contributed by atoms with Crippen LogP contribution in [0.5, 0.6) is 0 Å². The van der Waals surface area contributed by atoms with Crippen molar-refractivity contribution in [2.75, 3.05) is 45.9 Å². The molecule has 0 aromatic carbocycles. The Bertz CT molecular complexity index is 211. The lowest BCUT2D eigenvalue weighted by atomic mass is 10.0. The molecule has 1 saturated heterocycles. The molecule has 0 amide bonds. The number of hydrogen-bond donors (Lipinski definition) is 2. The molecule has 4 nitrogen and oxygen atoms in total. The number of piperazine rings is 1. The second kappa shape index (κ2) is 6.69. The predicted molar refractivity (Wildman–Crippen MR) is 72.0 cm³/mol. The standard InChI is InChI=1S/C13H29N3O/c1-12(2)10-16-8-6-15(7-9-16)5-4-13(3,14)11-17/h12,17H,4-11,14H2,1-3H3. The fraction of sp³-hybridized carbons (Fsp3) is 1.00.